The Labute approximate surface area is 130 Å². The highest BCUT2D eigenvalue weighted by molar-refractivity contribution is 7.15. The Hall–Kier alpha value is -2.36. The lowest BCUT2D eigenvalue weighted by Gasteiger charge is -2.12. The zero-order chi connectivity index (χ0) is 15.5. The fourth-order valence-electron chi connectivity index (χ4n) is 2.27. The second-order valence-corrected chi connectivity index (χ2v) is 6.17. The van der Waals surface area contributed by atoms with Crippen LogP contribution in [-0.4, -0.2) is 50.5 Å². The molecule has 1 atom stereocenters. The molecule has 2 amide bonds. The third-order valence-electron chi connectivity index (χ3n) is 3.39. The van der Waals surface area contributed by atoms with Gasteiger partial charge in [-0.1, -0.05) is 11.3 Å². The Kier molecular flexibility index (Phi) is 4.09. The molecule has 0 saturated carbocycles. The lowest BCUT2D eigenvalue weighted by atomic mass is 10.1. The molecule has 3 heterocycles. The Morgan fingerprint density at radius 3 is 3.09 bits per heavy atom. The van der Waals surface area contributed by atoms with Crippen LogP contribution in [-0.2, 0) is 16.0 Å². The Morgan fingerprint density at radius 1 is 1.55 bits per heavy atom. The molecule has 2 N–H and O–H groups in total. The number of anilines is 1. The average molecular weight is 321 g/mol. The minimum atomic E-state index is -0.353. The normalized spacial score (nSPS) is 18.0. The number of nitrogens with zero attached hydrogens (tertiary/aromatic N) is 5. The fourth-order valence-corrected chi connectivity index (χ4v) is 2.98. The molecule has 0 bridgehead atoms. The van der Waals surface area contributed by atoms with E-state index in [0.29, 0.717) is 24.6 Å². The highest BCUT2D eigenvalue weighted by Gasteiger charge is 2.36. The predicted octanol–water partition coefficient (Wildman–Crippen LogP) is -0.324. The summed E-state index contributed by atoms with van der Waals surface area (Å²) in [5.41, 5.74) is 0.786. The molecule has 1 unspecified atom stereocenters. The molecule has 1 aliphatic rings. The van der Waals surface area contributed by atoms with E-state index in [9.17, 15) is 9.59 Å². The van der Waals surface area contributed by atoms with E-state index in [1.165, 1.54) is 16.2 Å². The third-order valence-corrected chi connectivity index (χ3v) is 4.25. The highest BCUT2D eigenvalue weighted by Crippen LogP contribution is 2.27. The van der Waals surface area contributed by atoms with Gasteiger partial charge in [0.25, 0.3) is 0 Å². The number of hydrogen-bond donors (Lipinski definition) is 2. The minimum Gasteiger partial charge on any atom is -0.355 e. The van der Waals surface area contributed by atoms with E-state index in [2.05, 4.69) is 30.9 Å². The van der Waals surface area contributed by atoms with Crippen LogP contribution >= 0.6 is 11.3 Å². The summed E-state index contributed by atoms with van der Waals surface area (Å²) < 4.78 is 0. The summed E-state index contributed by atoms with van der Waals surface area (Å²) in [6, 6.07) is 0. The van der Waals surface area contributed by atoms with Crippen LogP contribution in [0.1, 0.15) is 17.1 Å². The maximum Gasteiger partial charge on any atom is 0.229 e. The molecule has 3 rings (SSSR count). The van der Waals surface area contributed by atoms with Crippen molar-refractivity contribution in [3.63, 3.8) is 0 Å². The van der Waals surface area contributed by atoms with Gasteiger partial charge >= 0.3 is 0 Å². The molecule has 22 heavy (non-hydrogen) atoms. The number of rotatable bonds is 5. The predicted molar refractivity (Wildman–Crippen MR) is 78.2 cm³/mol. The first-order valence-corrected chi connectivity index (χ1v) is 7.68. The fraction of sp³-hybridized carbons (Fsp3) is 0.500. The molecule has 0 aromatic carbocycles. The number of nitrogens with one attached hydrogen (secondary N) is 2. The van der Waals surface area contributed by atoms with Gasteiger partial charge in [-0.25, -0.2) is 0 Å². The van der Waals surface area contributed by atoms with Gasteiger partial charge in [-0.15, -0.1) is 10.2 Å². The summed E-state index contributed by atoms with van der Waals surface area (Å²) in [7, 11) is 0. The van der Waals surface area contributed by atoms with Gasteiger partial charge in [0.2, 0.25) is 16.9 Å². The van der Waals surface area contributed by atoms with E-state index in [4.69, 9.17) is 0 Å². The molecule has 1 fully saturated rings. The van der Waals surface area contributed by atoms with Gasteiger partial charge in [0.15, 0.2) is 0 Å². The Bertz CT molecular complexity index is 669. The lowest BCUT2D eigenvalue weighted by Crippen LogP contribution is -2.34. The number of aryl methyl sites for hydroxylation is 1. The second kappa shape index (κ2) is 6.18. The van der Waals surface area contributed by atoms with E-state index in [-0.39, 0.29) is 24.2 Å². The molecule has 0 radical (unpaired) electrons. The molecule has 2 aromatic heterocycles. The summed E-state index contributed by atoms with van der Waals surface area (Å²) in [5.74, 6) is -0.567. The zero-order valence-electron chi connectivity index (χ0n) is 11.9. The van der Waals surface area contributed by atoms with Crippen LogP contribution < -0.4 is 10.2 Å². The van der Waals surface area contributed by atoms with Crippen molar-refractivity contribution in [3.8, 4) is 0 Å². The molecule has 0 aliphatic carbocycles. The number of H-pyrrole nitrogens is 1. The van der Waals surface area contributed by atoms with Gasteiger partial charge in [0.05, 0.1) is 17.8 Å². The van der Waals surface area contributed by atoms with Gasteiger partial charge in [0, 0.05) is 25.9 Å². The topological polar surface area (TPSA) is 117 Å². The SMILES string of the molecule is Cc1nnc(N2CC(C(=O)NCCc3cn[nH]n3)CC2=O)s1. The van der Waals surface area contributed by atoms with Gasteiger partial charge in [-0.05, 0) is 6.92 Å². The van der Waals surface area contributed by atoms with E-state index in [0.717, 1.165) is 10.7 Å². The molecule has 0 spiro atoms. The number of aromatic nitrogens is 5. The van der Waals surface area contributed by atoms with Crippen LogP contribution in [0.4, 0.5) is 5.13 Å². The van der Waals surface area contributed by atoms with Crippen molar-refractivity contribution >= 4 is 28.3 Å². The average Bonchev–Trinajstić information content (AvgIpc) is 3.20. The van der Waals surface area contributed by atoms with Crippen molar-refractivity contribution in [2.24, 2.45) is 5.92 Å². The van der Waals surface area contributed by atoms with Crippen LogP contribution in [0.15, 0.2) is 6.20 Å². The molecular formula is C12H15N7O2S. The molecule has 1 aliphatic heterocycles. The molecular weight excluding hydrogens is 306 g/mol. The second-order valence-electron chi connectivity index (χ2n) is 5.01. The van der Waals surface area contributed by atoms with E-state index in [1.807, 2.05) is 6.92 Å². The molecule has 116 valence electrons. The number of aromatic amines is 1. The number of carbonyl (C=O) groups excluding carboxylic acids is 2. The maximum atomic E-state index is 12.1. The summed E-state index contributed by atoms with van der Waals surface area (Å²) in [4.78, 5) is 25.7. The number of carbonyl (C=O) groups is 2. The summed E-state index contributed by atoms with van der Waals surface area (Å²) in [6.45, 7) is 2.65. The molecule has 9 nitrogen and oxygen atoms in total. The van der Waals surface area contributed by atoms with E-state index >= 15 is 0 Å². The van der Waals surface area contributed by atoms with Crippen LogP contribution in [0.25, 0.3) is 0 Å². The monoisotopic (exact) mass is 321 g/mol. The van der Waals surface area contributed by atoms with Gasteiger partial charge in [0.1, 0.15) is 5.01 Å². The van der Waals surface area contributed by atoms with Gasteiger partial charge in [-0.2, -0.15) is 15.4 Å². The highest BCUT2D eigenvalue weighted by atomic mass is 32.1. The van der Waals surface area contributed by atoms with Gasteiger partial charge < -0.3 is 5.32 Å². The number of amides is 2. The first kappa shape index (κ1) is 14.6. The van der Waals surface area contributed by atoms with Gasteiger partial charge in [-0.3, -0.25) is 14.5 Å². The quantitative estimate of drug-likeness (QED) is 0.779. The molecule has 2 aromatic rings. The first-order valence-electron chi connectivity index (χ1n) is 6.86. The lowest BCUT2D eigenvalue weighted by molar-refractivity contribution is -0.126. The van der Waals surface area contributed by atoms with E-state index < -0.39 is 0 Å². The largest absolute Gasteiger partial charge is 0.355 e. The van der Waals surface area contributed by atoms with Crippen molar-refractivity contribution in [3.05, 3.63) is 16.9 Å². The molecule has 1 saturated heterocycles. The Balaban J connectivity index is 1.52. The van der Waals surface area contributed by atoms with Crippen LogP contribution in [0.5, 0.6) is 0 Å². The minimum absolute atomic E-state index is 0.0900. The van der Waals surface area contributed by atoms with E-state index in [1.54, 1.807) is 6.20 Å². The summed E-state index contributed by atoms with van der Waals surface area (Å²) >= 11 is 1.35. The van der Waals surface area contributed by atoms with Crippen molar-refractivity contribution in [1.82, 2.24) is 30.9 Å². The summed E-state index contributed by atoms with van der Waals surface area (Å²) in [6.07, 6.45) is 2.42. The maximum absolute atomic E-state index is 12.1. The van der Waals surface area contributed by atoms with Crippen molar-refractivity contribution in [2.45, 2.75) is 19.8 Å². The summed E-state index contributed by atoms with van der Waals surface area (Å²) in [5, 5.41) is 22.2. The van der Waals surface area contributed by atoms with Crippen LogP contribution in [0, 0.1) is 12.8 Å². The van der Waals surface area contributed by atoms with Crippen LogP contribution in [0.3, 0.4) is 0 Å². The van der Waals surface area contributed by atoms with Crippen molar-refractivity contribution in [2.75, 3.05) is 18.0 Å². The first-order chi connectivity index (χ1) is 10.6. The Morgan fingerprint density at radius 2 is 2.41 bits per heavy atom. The molecule has 10 heteroatoms. The third kappa shape index (κ3) is 3.11. The van der Waals surface area contributed by atoms with Crippen molar-refractivity contribution in [1.29, 1.82) is 0 Å². The smallest absolute Gasteiger partial charge is 0.229 e. The number of hydrogen-bond acceptors (Lipinski definition) is 7. The zero-order valence-corrected chi connectivity index (χ0v) is 12.8. The van der Waals surface area contributed by atoms with Crippen LogP contribution in [0.2, 0.25) is 0 Å². The van der Waals surface area contributed by atoms with Crippen molar-refractivity contribution < 1.29 is 9.59 Å². The standard InChI is InChI=1S/C12H15N7O2S/c1-7-15-17-12(22-7)19-6-8(4-10(19)20)11(21)13-3-2-9-5-14-18-16-9/h5,8H,2-4,6H2,1H3,(H,13,21)(H,14,16,18).